The van der Waals surface area contributed by atoms with Crippen LogP contribution in [0, 0.1) is 6.92 Å². The van der Waals surface area contributed by atoms with E-state index in [9.17, 15) is 9.59 Å². The van der Waals surface area contributed by atoms with Gasteiger partial charge in [-0.3, -0.25) is 9.59 Å². The van der Waals surface area contributed by atoms with Gasteiger partial charge in [0.1, 0.15) is 0 Å². The van der Waals surface area contributed by atoms with Crippen LogP contribution in [-0.2, 0) is 11.2 Å². The van der Waals surface area contributed by atoms with Crippen LogP contribution in [0.3, 0.4) is 0 Å². The van der Waals surface area contributed by atoms with Crippen LogP contribution in [0.25, 0.3) is 0 Å². The summed E-state index contributed by atoms with van der Waals surface area (Å²) in [5, 5.41) is 0. The van der Waals surface area contributed by atoms with Crippen molar-refractivity contribution in [1.29, 1.82) is 0 Å². The lowest BCUT2D eigenvalue weighted by molar-refractivity contribution is -0.118. The van der Waals surface area contributed by atoms with Crippen molar-refractivity contribution < 1.29 is 9.59 Å². The molecule has 0 spiro atoms. The summed E-state index contributed by atoms with van der Waals surface area (Å²) in [5.74, 6) is 0.0687. The van der Waals surface area contributed by atoms with Gasteiger partial charge in [-0.2, -0.15) is 0 Å². The van der Waals surface area contributed by atoms with Crippen molar-refractivity contribution in [2.45, 2.75) is 32.6 Å². The summed E-state index contributed by atoms with van der Waals surface area (Å²) in [7, 11) is 0. The van der Waals surface area contributed by atoms with Crippen LogP contribution in [-0.4, -0.2) is 18.2 Å². The smallest absolute Gasteiger partial charge is 0.227 e. The van der Waals surface area contributed by atoms with E-state index in [4.69, 9.17) is 0 Å². The summed E-state index contributed by atoms with van der Waals surface area (Å²) in [6.07, 6.45) is 2.53. The fraction of sp³-hybridized carbons (Fsp3) is 0.300. The molecular formula is C20H21NO2. The highest BCUT2D eigenvalue weighted by molar-refractivity contribution is 6.01. The summed E-state index contributed by atoms with van der Waals surface area (Å²) in [6.45, 7) is 2.81. The largest absolute Gasteiger partial charge is 0.312 e. The Morgan fingerprint density at radius 3 is 2.61 bits per heavy atom. The number of aryl methyl sites for hydroxylation is 2. The Kier molecular flexibility index (Phi) is 4.56. The van der Waals surface area contributed by atoms with Gasteiger partial charge in [0.25, 0.3) is 0 Å². The predicted molar refractivity (Wildman–Crippen MR) is 91.9 cm³/mol. The van der Waals surface area contributed by atoms with Crippen molar-refractivity contribution in [3.05, 3.63) is 65.2 Å². The van der Waals surface area contributed by atoms with Crippen LogP contribution in [0.4, 0.5) is 5.69 Å². The molecule has 3 heteroatoms. The maximum absolute atomic E-state index is 12.6. The zero-order valence-electron chi connectivity index (χ0n) is 13.4. The van der Waals surface area contributed by atoms with E-state index >= 15 is 0 Å². The number of benzene rings is 2. The molecule has 2 aromatic rings. The topological polar surface area (TPSA) is 37.4 Å². The third-order valence-electron chi connectivity index (χ3n) is 4.32. The Morgan fingerprint density at radius 1 is 1.04 bits per heavy atom. The minimum atomic E-state index is 0.0279. The number of hydrogen-bond acceptors (Lipinski definition) is 2. The first-order chi connectivity index (χ1) is 11.1. The van der Waals surface area contributed by atoms with Crippen molar-refractivity contribution in [3.8, 4) is 0 Å². The molecule has 3 rings (SSSR count). The van der Waals surface area contributed by atoms with Gasteiger partial charge >= 0.3 is 0 Å². The number of hydrogen-bond donors (Lipinski definition) is 0. The van der Waals surface area contributed by atoms with Gasteiger partial charge in [-0.15, -0.1) is 0 Å². The Balaban J connectivity index is 1.67. The number of anilines is 1. The number of fused-ring (bicyclic) bond motifs is 1. The Morgan fingerprint density at radius 2 is 1.83 bits per heavy atom. The Bertz CT molecular complexity index is 722. The van der Waals surface area contributed by atoms with E-state index in [-0.39, 0.29) is 24.5 Å². The maximum Gasteiger partial charge on any atom is 0.227 e. The van der Waals surface area contributed by atoms with Gasteiger partial charge in [0, 0.05) is 30.6 Å². The lowest BCUT2D eigenvalue weighted by Gasteiger charge is -2.29. The second-order valence-electron chi connectivity index (χ2n) is 6.07. The molecule has 0 radical (unpaired) electrons. The van der Waals surface area contributed by atoms with Crippen molar-refractivity contribution in [1.82, 2.24) is 0 Å². The number of rotatable bonds is 4. The van der Waals surface area contributed by atoms with Crippen molar-refractivity contribution >= 4 is 17.4 Å². The second-order valence-corrected chi connectivity index (χ2v) is 6.07. The summed E-state index contributed by atoms with van der Waals surface area (Å²) in [6, 6.07) is 15.4. The molecule has 1 aliphatic heterocycles. The van der Waals surface area contributed by atoms with E-state index in [0.29, 0.717) is 5.56 Å². The molecule has 1 amide bonds. The summed E-state index contributed by atoms with van der Waals surface area (Å²) in [4.78, 5) is 26.6. The number of carbonyl (C=O) groups excluding carboxylic acids is 2. The van der Waals surface area contributed by atoms with Crippen LogP contribution in [0.5, 0.6) is 0 Å². The average Bonchev–Trinajstić information content (AvgIpc) is 2.59. The van der Waals surface area contributed by atoms with Crippen LogP contribution in [0.1, 0.15) is 40.7 Å². The average molecular weight is 307 g/mol. The van der Waals surface area contributed by atoms with E-state index in [0.717, 1.165) is 25.1 Å². The highest BCUT2D eigenvalue weighted by atomic mass is 16.2. The molecule has 3 nitrogen and oxygen atoms in total. The molecule has 118 valence electrons. The summed E-state index contributed by atoms with van der Waals surface area (Å²) < 4.78 is 0. The molecule has 2 aromatic carbocycles. The SMILES string of the molecule is Cc1ccc2c(c1)CCCN2C(=O)CCC(=O)c1ccccc1. The zero-order valence-corrected chi connectivity index (χ0v) is 13.4. The first-order valence-corrected chi connectivity index (χ1v) is 8.13. The Labute approximate surface area is 136 Å². The third-order valence-corrected chi connectivity index (χ3v) is 4.32. The van der Waals surface area contributed by atoms with Gasteiger partial charge in [-0.25, -0.2) is 0 Å². The molecule has 0 aromatic heterocycles. The fourth-order valence-corrected chi connectivity index (χ4v) is 3.11. The molecular weight excluding hydrogens is 286 g/mol. The molecule has 0 aliphatic carbocycles. The Hall–Kier alpha value is -2.42. The molecule has 0 fully saturated rings. The van der Waals surface area contributed by atoms with Crippen molar-refractivity contribution in [2.24, 2.45) is 0 Å². The standard InChI is InChI=1S/C20H21NO2/c1-15-9-10-18-17(14-15)8-5-13-21(18)20(23)12-11-19(22)16-6-3-2-4-7-16/h2-4,6-7,9-10,14H,5,8,11-13H2,1H3. The van der Waals surface area contributed by atoms with Gasteiger partial charge in [0.05, 0.1) is 0 Å². The molecule has 0 unspecified atom stereocenters. The zero-order chi connectivity index (χ0) is 16.2. The van der Waals surface area contributed by atoms with Gasteiger partial charge in [-0.05, 0) is 31.4 Å². The molecule has 0 bridgehead atoms. The maximum atomic E-state index is 12.6. The molecule has 0 N–H and O–H groups in total. The number of amides is 1. The second kappa shape index (κ2) is 6.78. The first kappa shape index (κ1) is 15.5. The quantitative estimate of drug-likeness (QED) is 0.802. The fourth-order valence-electron chi connectivity index (χ4n) is 3.11. The van der Waals surface area contributed by atoms with E-state index in [1.807, 2.05) is 35.2 Å². The normalized spacial score (nSPS) is 13.5. The number of ketones is 1. The molecule has 23 heavy (non-hydrogen) atoms. The first-order valence-electron chi connectivity index (χ1n) is 8.13. The molecule has 0 saturated carbocycles. The lowest BCUT2D eigenvalue weighted by Crippen LogP contribution is -2.35. The van der Waals surface area contributed by atoms with E-state index in [1.54, 1.807) is 12.1 Å². The highest BCUT2D eigenvalue weighted by Crippen LogP contribution is 2.28. The number of nitrogens with zero attached hydrogens (tertiary/aromatic N) is 1. The van der Waals surface area contributed by atoms with Gasteiger partial charge in [0.15, 0.2) is 5.78 Å². The van der Waals surface area contributed by atoms with E-state index in [2.05, 4.69) is 13.0 Å². The van der Waals surface area contributed by atoms with Crippen LogP contribution in [0.2, 0.25) is 0 Å². The molecule has 1 heterocycles. The summed E-state index contributed by atoms with van der Waals surface area (Å²) in [5.41, 5.74) is 4.14. The minimum absolute atomic E-state index is 0.0279. The van der Waals surface area contributed by atoms with E-state index in [1.165, 1.54) is 11.1 Å². The van der Waals surface area contributed by atoms with Gasteiger partial charge in [0.2, 0.25) is 5.91 Å². The number of carbonyl (C=O) groups is 2. The van der Waals surface area contributed by atoms with Crippen LogP contribution >= 0.6 is 0 Å². The predicted octanol–water partition coefficient (Wildman–Crippen LogP) is 3.94. The third kappa shape index (κ3) is 3.50. The summed E-state index contributed by atoms with van der Waals surface area (Å²) >= 11 is 0. The van der Waals surface area contributed by atoms with Crippen molar-refractivity contribution in [3.63, 3.8) is 0 Å². The highest BCUT2D eigenvalue weighted by Gasteiger charge is 2.22. The minimum Gasteiger partial charge on any atom is -0.312 e. The van der Waals surface area contributed by atoms with Crippen LogP contribution < -0.4 is 4.90 Å². The van der Waals surface area contributed by atoms with E-state index < -0.39 is 0 Å². The van der Waals surface area contributed by atoms with Gasteiger partial charge in [-0.1, -0.05) is 48.0 Å². The van der Waals surface area contributed by atoms with Crippen LogP contribution in [0.15, 0.2) is 48.5 Å². The lowest BCUT2D eigenvalue weighted by atomic mass is 9.98. The molecule has 0 atom stereocenters. The molecule has 0 saturated heterocycles. The van der Waals surface area contributed by atoms with Crippen molar-refractivity contribution in [2.75, 3.05) is 11.4 Å². The molecule has 1 aliphatic rings. The monoisotopic (exact) mass is 307 g/mol. The van der Waals surface area contributed by atoms with Gasteiger partial charge < -0.3 is 4.90 Å². The number of Topliss-reactive ketones (excluding diaryl/α,β-unsaturated/α-hetero) is 1.